The molecule has 2 atom stereocenters. The molecular weight excluding hydrogens is 628 g/mol. The molecule has 0 radical (unpaired) electrons. The van der Waals surface area contributed by atoms with Gasteiger partial charge in [0.15, 0.2) is 5.78 Å². The number of nitrogens with one attached hydrogen (secondary N) is 1. The first-order valence-corrected chi connectivity index (χ1v) is 12.2. The fraction of sp³-hybridized carbons (Fsp3) is 0.333. The van der Waals surface area contributed by atoms with Crippen molar-refractivity contribution in [2.45, 2.75) is 37.8 Å². The molecule has 2 aromatic carbocycles. The Kier molecular flexibility index (Phi) is 10.8. The van der Waals surface area contributed by atoms with Crippen molar-refractivity contribution >= 4 is 63.9 Å². The smallest absolute Gasteiger partial charge is 0.371 e. The first kappa shape index (κ1) is 33.2. The third-order valence-corrected chi connectivity index (χ3v) is 6.99. The van der Waals surface area contributed by atoms with Gasteiger partial charge < -0.3 is 5.32 Å². The molecule has 2 nitrogen and oxygen atoms in total. The SMILES string of the molecule is C[C@@H](CC(=O)c1ccc(/C=C/C(c2cc(Cl)c(Cl)c(Cl)c2)C(F)(F)F)cc1C(F)(F)F)C(=S)NCC(F)(F)F. The molecule has 1 N–H and O–H groups in total. The van der Waals surface area contributed by atoms with E-state index in [1.165, 1.54) is 6.92 Å². The van der Waals surface area contributed by atoms with Crippen LogP contribution in [0.2, 0.25) is 15.1 Å². The van der Waals surface area contributed by atoms with E-state index in [-0.39, 0.29) is 25.6 Å². The molecule has 2 aromatic rings. The fourth-order valence-corrected chi connectivity index (χ4v) is 4.13. The number of Topliss-reactive ketones (excluding diaryl/α,β-unsaturated/α-hetero) is 1. The zero-order valence-corrected chi connectivity index (χ0v) is 22.5. The van der Waals surface area contributed by atoms with Gasteiger partial charge in [0.2, 0.25) is 0 Å². The van der Waals surface area contributed by atoms with Crippen LogP contribution in [0.4, 0.5) is 39.5 Å². The zero-order valence-electron chi connectivity index (χ0n) is 19.5. The van der Waals surface area contributed by atoms with Crippen LogP contribution in [0.3, 0.4) is 0 Å². The quantitative estimate of drug-likeness (QED) is 0.134. The molecule has 15 heteroatoms. The minimum atomic E-state index is -5.08. The molecule has 0 aromatic heterocycles. The first-order chi connectivity index (χ1) is 17.7. The number of halogens is 12. The maximum atomic E-state index is 13.8. The van der Waals surface area contributed by atoms with Crippen LogP contribution in [0.15, 0.2) is 36.4 Å². The summed E-state index contributed by atoms with van der Waals surface area (Å²) >= 11 is 22.2. The standard InChI is InChI=1S/C24H17Cl3F9NOS/c1-11(21(39)37-10-22(28,29)30)6-19(38)14-4-2-12(7-16(14)24(34,35)36)3-5-15(23(31,32)33)13-8-17(25)20(27)18(26)9-13/h2-5,7-9,11,15H,6,10H2,1H3,(H,37,39)/b5-3+/t11-,15?/m0/s1. The molecule has 1 unspecified atom stereocenters. The van der Waals surface area contributed by atoms with E-state index in [9.17, 15) is 44.3 Å². The largest absolute Gasteiger partial charge is 0.417 e. The number of hydrogen-bond donors (Lipinski definition) is 1. The molecule has 0 heterocycles. The Labute approximate surface area is 237 Å². The van der Waals surface area contributed by atoms with Crippen LogP contribution >= 0.6 is 47.0 Å². The van der Waals surface area contributed by atoms with Gasteiger partial charge in [-0.3, -0.25) is 4.79 Å². The summed E-state index contributed by atoms with van der Waals surface area (Å²) in [7, 11) is 0. The van der Waals surface area contributed by atoms with Gasteiger partial charge in [-0.2, -0.15) is 39.5 Å². The minimum absolute atomic E-state index is 0.173. The molecule has 0 aliphatic rings. The number of rotatable bonds is 8. The summed E-state index contributed by atoms with van der Waals surface area (Å²) in [6.45, 7) is -0.215. The fourth-order valence-electron chi connectivity index (χ4n) is 3.36. The van der Waals surface area contributed by atoms with Gasteiger partial charge in [-0.25, -0.2) is 0 Å². The maximum Gasteiger partial charge on any atom is 0.417 e. The molecule has 0 aliphatic heterocycles. The first-order valence-electron chi connectivity index (χ1n) is 10.7. The molecule has 39 heavy (non-hydrogen) atoms. The van der Waals surface area contributed by atoms with Gasteiger partial charge in [0, 0.05) is 17.9 Å². The average molecular weight is 645 g/mol. The molecular formula is C24H17Cl3F9NOS. The molecule has 0 amide bonds. The van der Waals surface area contributed by atoms with Gasteiger partial charge >= 0.3 is 18.5 Å². The van der Waals surface area contributed by atoms with Crippen LogP contribution in [0.1, 0.15) is 46.3 Å². The average Bonchev–Trinajstić information content (AvgIpc) is 2.78. The van der Waals surface area contributed by atoms with E-state index < -0.39 is 65.8 Å². The van der Waals surface area contributed by atoms with E-state index in [2.05, 4.69) is 0 Å². The van der Waals surface area contributed by atoms with Crippen molar-refractivity contribution in [2.24, 2.45) is 5.92 Å². The summed E-state index contributed by atoms with van der Waals surface area (Å²) < 4.78 is 120. The van der Waals surface area contributed by atoms with Crippen LogP contribution in [-0.4, -0.2) is 29.7 Å². The monoisotopic (exact) mass is 643 g/mol. The number of carbonyl (C=O) groups excluding carboxylic acids is 1. The Hall–Kier alpha value is -2.02. The highest BCUT2D eigenvalue weighted by atomic mass is 35.5. The van der Waals surface area contributed by atoms with Crippen molar-refractivity contribution in [3.05, 3.63) is 73.7 Å². The van der Waals surface area contributed by atoms with Crippen molar-refractivity contribution in [1.82, 2.24) is 5.32 Å². The van der Waals surface area contributed by atoms with Gasteiger partial charge in [0.05, 0.1) is 31.5 Å². The van der Waals surface area contributed by atoms with Crippen molar-refractivity contribution in [3.8, 4) is 0 Å². The molecule has 0 fully saturated rings. The maximum absolute atomic E-state index is 13.8. The van der Waals surface area contributed by atoms with Crippen LogP contribution < -0.4 is 5.32 Å². The van der Waals surface area contributed by atoms with E-state index in [0.717, 1.165) is 30.3 Å². The van der Waals surface area contributed by atoms with Gasteiger partial charge in [-0.15, -0.1) is 0 Å². The second kappa shape index (κ2) is 12.7. The van der Waals surface area contributed by atoms with Gasteiger partial charge in [0.1, 0.15) is 6.54 Å². The lowest BCUT2D eigenvalue weighted by molar-refractivity contribution is -0.139. The molecule has 0 saturated heterocycles. The predicted molar refractivity (Wildman–Crippen MR) is 136 cm³/mol. The summed E-state index contributed by atoms with van der Waals surface area (Å²) in [5.41, 5.74) is -2.97. The predicted octanol–water partition coefficient (Wildman–Crippen LogP) is 9.71. The van der Waals surface area contributed by atoms with Gasteiger partial charge in [0.25, 0.3) is 0 Å². The summed E-state index contributed by atoms with van der Waals surface area (Å²) in [6, 6.07) is 4.12. The Morgan fingerprint density at radius 1 is 0.974 bits per heavy atom. The number of ketones is 1. The topological polar surface area (TPSA) is 29.1 Å². The van der Waals surface area contributed by atoms with Crippen molar-refractivity contribution in [1.29, 1.82) is 0 Å². The third-order valence-electron chi connectivity index (χ3n) is 5.25. The molecule has 214 valence electrons. The normalized spacial score (nSPS) is 14.4. The molecule has 0 aliphatic carbocycles. The number of benzene rings is 2. The van der Waals surface area contributed by atoms with Crippen LogP contribution in [0.5, 0.6) is 0 Å². The third kappa shape index (κ3) is 9.54. The Morgan fingerprint density at radius 3 is 2.03 bits per heavy atom. The Balaban J connectivity index is 2.37. The highest BCUT2D eigenvalue weighted by Gasteiger charge is 2.40. The minimum Gasteiger partial charge on any atom is -0.371 e. The molecule has 0 spiro atoms. The zero-order chi connectivity index (χ0) is 29.9. The van der Waals surface area contributed by atoms with Gasteiger partial charge in [-0.1, -0.05) is 78.2 Å². The summed E-state index contributed by atoms with van der Waals surface area (Å²) in [5, 5.41) is 1.21. The molecule has 2 rings (SSSR count). The highest BCUT2D eigenvalue weighted by molar-refractivity contribution is 7.80. The van der Waals surface area contributed by atoms with E-state index >= 15 is 0 Å². The summed E-state index contributed by atoms with van der Waals surface area (Å²) in [5.74, 6) is -4.41. The number of carbonyl (C=O) groups is 1. The van der Waals surface area contributed by atoms with Crippen LogP contribution in [0.25, 0.3) is 6.08 Å². The van der Waals surface area contributed by atoms with Crippen molar-refractivity contribution < 1.29 is 44.3 Å². The van der Waals surface area contributed by atoms with Crippen LogP contribution in [0, 0.1) is 5.92 Å². The van der Waals surface area contributed by atoms with E-state index in [4.69, 9.17) is 47.0 Å². The lowest BCUT2D eigenvalue weighted by atomic mass is 9.93. The van der Waals surface area contributed by atoms with E-state index in [1.807, 2.05) is 5.32 Å². The number of allylic oxidation sites excluding steroid dienone is 1. The van der Waals surface area contributed by atoms with E-state index in [1.54, 1.807) is 0 Å². The summed E-state index contributed by atoms with van der Waals surface area (Å²) in [4.78, 5) is 12.2. The Bertz CT molecular complexity index is 1230. The van der Waals surface area contributed by atoms with Crippen LogP contribution in [-0.2, 0) is 6.18 Å². The highest BCUT2D eigenvalue weighted by Crippen LogP contribution is 2.41. The number of alkyl halides is 9. The second-order valence-electron chi connectivity index (χ2n) is 8.34. The Morgan fingerprint density at radius 2 is 1.54 bits per heavy atom. The molecule has 0 bridgehead atoms. The van der Waals surface area contributed by atoms with E-state index in [0.29, 0.717) is 12.1 Å². The van der Waals surface area contributed by atoms with Crippen molar-refractivity contribution in [2.75, 3.05) is 6.54 Å². The van der Waals surface area contributed by atoms with Crippen molar-refractivity contribution in [3.63, 3.8) is 0 Å². The number of hydrogen-bond acceptors (Lipinski definition) is 2. The van der Waals surface area contributed by atoms with Gasteiger partial charge in [-0.05, 0) is 29.3 Å². The summed E-state index contributed by atoms with van der Waals surface area (Å²) in [6.07, 6.45) is -13.8. The lowest BCUT2D eigenvalue weighted by Crippen LogP contribution is -2.36. The molecule has 0 saturated carbocycles. The number of thiocarbonyl (C=S) groups is 1. The second-order valence-corrected chi connectivity index (χ2v) is 9.97. The lowest BCUT2D eigenvalue weighted by Gasteiger charge is -2.19.